The van der Waals surface area contributed by atoms with Gasteiger partial charge in [0.05, 0.1) is 12.5 Å². The Labute approximate surface area is 182 Å². The fourth-order valence-electron chi connectivity index (χ4n) is 2.72. The first-order chi connectivity index (χ1) is 15.2. The van der Waals surface area contributed by atoms with Gasteiger partial charge in [0.25, 0.3) is 0 Å². The predicted molar refractivity (Wildman–Crippen MR) is 75.2 cm³/mol. The van der Waals surface area contributed by atoms with Gasteiger partial charge in [-0.05, 0) is 13.3 Å². The van der Waals surface area contributed by atoms with Crippen molar-refractivity contribution in [3.8, 4) is 0 Å². The first-order valence-electron chi connectivity index (χ1n) is 8.70. The van der Waals surface area contributed by atoms with Crippen molar-refractivity contribution in [1.82, 2.24) is 0 Å². The van der Waals surface area contributed by atoms with Gasteiger partial charge in [-0.3, -0.25) is 4.79 Å². The Kier molecular flexibility index (Phi) is 7.86. The van der Waals surface area contributed by atoms with Gasteiger partial charge in [-0.2, -0.15) is 74.6 Å². The fourth-order valence-corrected chi connectivity index (χ4v) is 2.72. The quantitative estimate of drug-likeness (QED) is 0.326. The summed E-state index contributed by atoms with van der Waals surface area (Å²) in [7, 11) is 0. The third-order valence-electron chi connectivity index (χ3n) is 4.75. The molecule has 35 heavy (non-hydrogen) atoms. The highest BCUT2D eigenvalue weighted by molar-refractivity contribution is 5.86. The molecular formula is C15H11F17O3. The summed E-state index contributed by atoms with van der Waals surface area (Å²) in [4.78, 5) is 11.8. The lowest BCUT2D eigenvalue weighted by Crippen LogP contribution is -2.75. The molecule has 0 aromatic rings. The molecule has 0 aliphatic carbocycles. The second-order valence-corrected chi connectivity index (χ2v) is 6.97. The third-order valence-corrected chi connectivity index (χ3v) is 4.75. The summed E-state index contributed by atoms with van der Waals surface area (Å²) in [6, 6.07) is 0. The Hall–Kier alpha value is -1.60. The zero-order valence-electron chi connectivity index (χ0n) is 16.4. The topological polar surface area (TPSA) is 35.5 Å². The number of ketones is 1. The average molecular weight is 562 g/mol. The van der Waals surface area contributed by atoms with Crippen molar-refractivity contribution in [2.24, 2.45) is 5.92 Å². The number of alkyl halides is 17. The van der Waals surface area contributed by atoms with Crippen molar-refractivity contribution in [2.45, 2.75) is 67.3 Å². The van der Waals surface area contributed by atoms with Gasteiger partial charge < -0.3 is 9.47 Å². The van der Waals surface area contributed by atoms with E-state index in [1.807, 2.05) is 0 Å². The van der Waals surface area contributed by atoms with Crippen LogP contribution < -0.4 is 0 Å². The van der Waals surface area contributed by atoms with Gasteiger partial charge in [-0.1, -0.05) is 0 Å². The minimum atomic E-state index is -8.71. The van der Waals surface area contributed by atoms with Crippen molar-refractivity contribution < 1.29 is 88.9 Å². The predicted octanol–water partition coefficient (Wildman–Crippen LogP) is 5.96. The van der Waals surface area contributed by atoms with E-state index in [2.05, 4.69) is 9.47 Å². The molecule has 1 heterocycles. The van der Waals surface area contributed by atoms with Gasteiger partial charge in [0.1, 0.15) is 0 Å². The summed E-state index contributed by atoms with van der Waals surface area (Å²) in [5.74, 6) is -63.4. The summed E-state index contributed by atoms with van der Waals surface area (Å²) in [6.07, 6.45) is -11.9. The second kappa shape index (κ2) is 8.76. The van der Waals surface area contributed by atoms with Crippen LogP contribution in [-0.2, 0) is 14.3 Å². The van der Waals surface area contributed by atoms with E-state index in [-0.39, 0.29) is 0 Å². The molecule has 3 nitrogen and oxygen atoms in total. The average Bonchev–Trinajstić information content (AvgIpc) is 2.67. The highest BCUT2D eigenvalue weighted by Crippen LogP contribution is 2.64. The van der Waals surface area contributed by atoms with Crippen LogP contribution in [0.4, 0.5) is 74.6 Å². The summed E-state index contributed by atoms with van der Waals surface area (Å²) in [5, 5.41) is 0. The van der Waals surface area contributed by atoms with Crippen LogP contribution in [0.25, 0.3) is 0 Å². The van der Waals surface area contributed by atoms with Crippen LogP contribution in [0.5, 0.6) is 0 Å². The smallest absolute Gasteiger partial charge is 0.346 e. The number of Topliss-reactive ketones (excluding diaryl/α,β-unsaturated/α-hetero) is 1. The number of halogens is 17. The molecule has 1 saturated heterocycles. The zero-order valence-corrected chi connectivity index (χ0v) is 16.4. The van der Waals surface area contributed by atoms with Gasteiger partial charge in [0.2, 0.25) is 6.29 Å². The van der Waals surface area contributed by atoms with E-state index < -0.39 is 85.3 Å². The lowest BCUT2D eigenvalue weighted by atomic mass is 9.81. The maximum Gasteiger partial charge on any atom is 0.460 e. The molecule has 0 aromatic carbocycles. The molecule has 0 N–H and O–H groups in total. The molecule has 1 fully saturated rings. The number of carbonyl (C=O) groups is 1. The number of ether oxygens (including phenoxy) is 2. The van der Waals surface area contributed by atoms with Gasteiger partial charge in [-0.25, -0.2) is 0 Å². The fraction of sp³-hybridized carbons (Fsp3) is 0.933. The molecule has 1 aliphatic rings. The standard InChI is InChI=1S/C15H11F17O3/c1-2-34-7-6(33)5(3-4-35-7)8(16,17)9(18,19)10(20,21)11(22,23)12(24,25)13(26,27)14(28,29)15(30,31)32/h5,7H,2-4H2,1H3/t5-,7-/m1/s1. The maximum absolute atomic E-state index is 14.2. The van der Waals surface area contributed by atoms with Gasteiger partial charge >= 0.3 is 47.6 Å². The molecule has 0 bridgehead atoms. The molecule has 2 atom stereocenters. The normalized spacial score (nSPS) is 22.5. The van der Waals surface area contributed by atoms with Gasteiger partial charge in [0, 0.05) is 6.61 Å². The van der Waals surface area contributed by atoms with Crippen LogP contribution in [0.15, 0.2) is 0 Å². The van der Waals surface area contributed by atoms with E-state index in [4.69, 9.17) is 0 Å². The number of hydrogen-bond acceptors (Lipinski definition) is 3. The minimum Gasteiger partial charge on any atom is -0.346 e. The summed E-state index contributed by atoms with van der Waals surface area (Å²) < 4.78 is 235. The molecule has 0 radical (unpaired) electrons. The Bertz CT molecular complexity index is 786. The van der Waals surface area contributed by atoms with E-state index in [1.165, 1.54) is 0 Å². The van der Waals surface area contributed by atoms with Gasteiger partial charge in [-0.15, -0.1) is 0 Å². The number of carbonyl (C=O) groups excluding carboxylic acids is 1. The van der Waals surface area contributed by atoms with E-state index in [0.29, 0.717) is 0 Å². The van der Waals surface area contributed by atoms with Crippen LogP contribution in [0, 0.1) is 5.92 Å². The Morgan fingerprint density at radius 3 is 1.43 bits per heavy atom. The molecule has 0 aromatic heterocycles. The highest BCUT2D eigenvalue weighted by atomic mass is 19.4. The molecule has 0 unspecified atom stereocenters. The third kappa shape index (κ3) is 4.20. The molecule has 1 rings (SSSR count). The SMILES string of the molecule is CCO[C@@H]1OCC[C@@H](C(F)(F)C(F)(F)C(F)(F)C(F)(F)C(F)(F)C(F)(F)C(F)(F)C(F)(F)F)C1=O. The lowest BCUT2D eigenvalue weighted by Gasteiger charge is -2.44. The van der Waals surface area contributed by atoms with Crippen molar-refractivity contribution in [2.75, 3.05) is 13.2 Å². The zero-order chi connectivity index (χ0) is 28.3. The first-order valence-corrected chi connectivity index (χ1v) is 8.70. The first kappa shape index (κ1) is 31.4. The molecule has 208 valence electrons. The van der Waals surface area contributed by atoms with Crippen molar-refractivity contribution in [3.05, 3.63) is 0 Å². The van der Waals surface area contributed by atoms with Crippen molar-refractivity contribution >= 4 is 5.78 Å². The van der Waals surface area contributed by atoms with Crippen LogP contribution in [0.3, 0.4) is 0 Å². The molecule has 0 saturated carbocycles. The molecular weight excluding hydrogens is 551 g/mol. The largest absolute Gasteiger partial charge is 0.460 e. The monoisotopic (exact) mass is 562 g/mol. The minimum absolute atomic E-state index is 0.561. The van der Waals surface area contributed by atoms with Crippen LogP contribution in [-0.4, -0.2) is 72.9 Å². The van der Waals surface area contributed by atoms with E-state index in [9.17, 15) is 79.4 Å². The second-order valence-electron chi connectivity index (χ2n) is 6.97. The van der Waals surface area contributed by atoms with E-state index in [1.54, 1.807) is 0 Å². The van der Waals surface area contributed by atoms with Crippen LogP contribution >= 0.6 is 0 Å². The Morgan fingerprint density at radius 1 is 0.686 bits per heavy atom. The van der Waals surface area contributed by atoms with E-state index in [0.717, 1.165) is 6.92 Å². The highest BCUT2D eigenvalue weighted by Gasteiger charge is 2.95. The van der Waals surface area contributed by atoms with Crippen molar-refractivity contribution in [3.63, 3.8) is 0 Å². The summed E-state index contributed by atoms with van der Waals surface area (Å²) in [5.41, 5.74) is 0. The van der Waals surface area contributed by atoms with Gasteiger partial charge in [0.15, 0.2) is 5.78 Å². The summed E-state index contributed by atoms with van der Waals surface area (Å²) >= 11 is 0. The molecule has 20 heteroatoms. The lowest BCUT2D eigenvalue weighted by molar-refractivity contribution is -0.463. The maximum atomic E-state index is 14.2. The number of hydrogen-bond donors (Lipinski definition) is 0. The van der Waals surface area contributed by atoms with E-state index >= 15 is 0 Å². The summed E-state index contributed by atoms with van der Waals surface area (Å²) in [6.45, 7) is -0.657. The Balaban J connectivity index is 3.62. The molecule has 0 amide bonds. The molecule has 0 spiro atoms. The Morgan fingerprint density at radius 2 is 1.06 bits per heavy atom. The van der Waals surface area contributed by atoms with Crippen molar-refractivity contribution in [1.29, 1.82) is 0 Å². The van der Waals surface area contributed by atoms with Crippen LogP contribution in [0.2, 0.25) is 0 Å². The number of rotatable bonds is 9. The molecule has 1 aliphatic heterocycles. The van der Waals surface area contributed by atoms with Crippen LogP contribution in [0.1, 0.15) is 13.3 Å².